The van der Waals surface area contributed by atoms with Gasteiger partial charge in [-0.25, -0.2) is 0 Å². The molecule has 1 amide bonds. The molecular formula is C21H32N2O2. The van der Waals surface area contributed by atoms with Crippen LogP contribution in [0.25, 0.3) is 0 Å². The highest BCUT2D eigenvalue weighted by molar-refractivity contribution is 5.73. The first-order chi connectivity index (χ1) is 12.1. The second-order valence-corrected chi connectivity index (χ2v) is 7.71. The van der Waals surface area contributed by atoms with E-state index in [1.807, 2.05) is 4.90 Å². The van der Waals surface area contributed by atoms with Crippen LogP contribution in [-0.4, -0.2) is 54.6 Å². The molecule has 1 aromatic rings. The summed E-state index contributed by atoms with van der Waals surface area (Å²) < 4.78 is 5.72. The van der Waals surface area contributed by atoms with Gasteiger partial charge in [0.15, 0.2) is 0 Å². The summed E-state index contributed by atoms with van der Waals surface area (Å²) in [5.74, 6) is 0.816. The topological polar surface area (TPSA) is 32.8 Å². The van der Waals surface area contributed by atoms with E-state index in [1.165, 1.54) is 24.0 Å². The fourth-order valence-electron chi connectivity index (χ4n) is 4.03. The zero-order valence-corrected chi connectivity index (χ0v) is 15.7. The molecule has 2 aliphatic rings. The van der Waals surface area contributed by atoms with Crippen molar-refractivity contribution in [1.82, 2.24) is 9.80 Å². The van der Waals surface area contributed by atoms with Crippen molar-refractivity contribution in [3.05, 3.63) is 35.4 Å². The molecule has 0 spiro atoms. The number of rotatable bonds is 6. The molecule has 0 N–H and O–H groups in total. The van der Waals surface area contributed by atoms with Gasteiger partial charge in [-0.3, -0.25) is 9.69 Å². The molecule has 0 aromatic heterocycles. The van der Waals surface area contributed by atoms with Crippen LogP contribution in [0.4, 0.5) is 0 Å². The van der Waals surface area contributed by atoms with Gasteiger partial charge in [-0.15, -0.1) is 0 Å². The first-order valence-corrected chi connectivity index (χ1v) is 9.76. The third kappa shape index (κ3) is 5.29. The van der Waals surface area contributed by atoms with Gasteiger partial charge in [-0.1, -0.05) is 24.3 Å². The Labute approximate surface area is 152 Å². The summed E-state index contributed by atoms with van der Waals surface area (Å²) >= 11 is 0. The average Bonchev–Trinajstić information content (AvgIpc) is 3.11. The lowest BCUT2D eigenvalue weighted by Crippen LogP contribution is -2.42. The molecule has 4 nitrogen and oxygen atoms in total. The van der Waals surface area contributed by atoms with E-state index in [0.29, 0.717) is 5.92 Å². The fourth-order valence-corrected chi connectivity index (χ4v) is 4.03. The SMILES string of the molecule is CC(=O)N(CC1CCN(Cc2ccccc2C)CC1)C[C@@H]1CCCO1. The molecule has 3 rings (SSSR count). The lowest BCUT2D eigenvalue weighted by molar-refractivity contribution is -0.131. The molecule has 2 heterocycles. The first kappa shape index (κ1) is 18.4. The molecule has 2 aliphatic heterocycles. The van der Waals surface area contributed by atoms with Crippen LogP contribution in [0.1, 0.15) is 43.7 Å². The number of carbonyl (C=O) groups excluding carboxylic acids is 1. The Morgan fingerprint density at radius 1 is 1.20 bits per heavy atom. The molecule has 25 heavy (non-hydrogen) atoms. The van der Waals surface area contributed by atoms with E-state index < -0.39 is 0 Å². The number of carbonyl (C=O) groups is 1. The number of hydrogen-bond acceptors (Lipinski definition) is 3. The molecule has 1 atom stereocenters. The minimum absolute atomic E-state index is 0.192. The van der Waals surface area contributed by atoms with Gasteiger partial charge < -0.3 is 9.64 Å². The molecular weight excluding hydrogens is 312 g/mol. The number of amides is 1. The van der Waals surface area contributed by atoms with Crippen LogP contribution in [0.2, 0.25) is 0 Å². The largest absolute Gasteiger partial charge is 0.376 e. The third-order valence-corrected chi connectivity index (χ3v) is 5.73. The zero-order valence-electron chi connectivity index (χ0n) is 15.7. The van der Waals surface area contributed by atoms with Crippen LogP contribution >= 0.6 is 0 Å². The highest BCUT2D eigenvalue weighted by atomic mass is 16.5. The Morgan fingerprint density at radius 3 is 2.60 bits per heavy atom. The molecule has 1 aromatic carbocycles. The second kappa shape index (κ2) is 8.81. The first-order valence-electron chi connectivity index (χ1n) is 9.76. The summed E-state index contributed by atoms with van der Waals surface area (Å²) in [7, 11) is 0. The second-order valence-electron chi connectivity index (χ2n) is 7.71. The highest BCUT2D eigenvalue weighted by Gasteiger charge is 2.25. The van der Waals surface area contributed by atoms with E-state index in [-0.39, 0.29) is 12.0 Å². The van der Waals surface area contributed by atoms with Gasteiger partial charge in [0.2, 0.25) is 5.91 Å². The molecule has 138 valence electrons. The summed E-state index contributed by atoms with van der Waals surface area (Å²) in [6.07, 6.45) is 4.85. The summed E-state index contributed by atoms with van der Waals surface area (Å²) in [5, 5.41) is 0. The van der Waals surface area contributed by atoms with Crippen molar-refractivity contribution in [2.75, 3.05) is 32.8 Å². The van der Waals surface area contributed by atoms with Crippen molar-refractivity contribution >= 4 is 5.91 Å². The quantitative estimate of drug-likeness (QED) is 0.794. The normalized spacial score (nSPS) is 22.2. The zero-order chi connectivity index (χ0) is 17.6. The standard InChI is InChI=1S/C21H32N2O2/c1-17-6-3-4-7-20(17)15-22-11-9-19(10-12-22)14-23(18(2)24)16-21-8-5-13-25-21/h3-4,6-7,19,21H,5,8-16H2,1-2H3/t21-/m0/s1. The number of hydrogen-bond donors (Lipinski definition) is 0. The van der Waals surface area contributed by atoms with Crippen LogP contribution in [0.5, 0.6) is 0 Å². The summed E-state index contributed by atoms with van der Waals surface area (Å²) in [5.41, 5.74) is 2.81. The third-order valence-electron chi connectivity index (χ3n) is 5.73. The predicted molar refractivity (Wildman–Crippen MR) is 100 cm³/mol. The van der Waals surface area contributed by atoms with Gasteiger partial charge in [-0.2, -0.15) is 0 Å². The average molecular weight is 344 g/mol. The molecule has 2 fully saturated rings. The molecule has 0 saturated carbocycles. The van der Waals surface area contributed by atoms with Crippen LogP contribution in [0, 0.1) is 12.8 Å². The van der Waals surface area contributed by atoms with Crippen molar-refractivity contribution in [1.29, 1.82) is 0 Å². The summed E-state index contributed by atoms with van der Waals surface area (Å²) in [6.45, 7) is 9.72. The van der Waals surface area contributed by atoms with E-state index in [4.69, 9.17) is 4.74 Å². The Hall–Kier alpha value is -1.39. The van der Waals surface area contributed by atoms with Crippen molar-refractivity contribution < 1.29 is 9.53 Å². The molecule has 0 radical (unpaired) electrons. The Bertz CT molecular complexity index is 561. The number of nitrogens with zero attached hydrogens (tertiary/aromatic N) is 2. The van der Waals surface area contributed by atoms with Crippen LogP contribution in [0.15, 0.2) is 24.3 Å². The Balaban J connectivity index is 1.46. The van der Waals surface area contributed by atoms with Crippen molar-refractivity contribution in [3.63, 3.8) is 0 Å². The molecule has 4 heteroatoms. The van der Waals surface area contributed by atoms with Crippen molar-refractivity contribution in [2.24, 2.45) is 5.92 Å². The summed E-state index contributed by atoms with van der Waals surface area (Å²) in [4.78, 5) is 16.6. The number of likely N-dealkylation sites (tertiary alicyclic amines) is 1. The molecule has 0 unspecified atom stereocenters. The maximum atomic E-state index is 12.0. The maximum absolute atomic E-state index is 12.0. The van der Waals surface area contributed by atoms with Crippen LogP contribution < -0.4 is 0 Å². The van der Waals surface area contributed by atoms with Gasteiger partial charge in [-0.05, 0) is 62.7 Å². The summed E-state index contributed by atoms with van der Waals surface area (Å²) in [6, 6.07) is 8.67. The molecule has 0 aliphatic carbocycles. The van der Waals surface area contributed by atoms with Gasteiger partial charge in [0.1, 0.15) is 0 Å². The molecule has 0 bridgehead atoms. The van der Waals surface area contributed by atoms with Gasteiger partial charge >= 0.3 is 0 Å². The number of aryl methyl sites for hydroxylation is 1. The van der Waals surface area contributed by atoms with E-state index in [0.717, 1.165) is 52.2 Å². The van der Waals surface area contributed by atoms with Crippen LogP contribution in [0.3, 0.4) is 0 Å². The van der Waals surface area contributed by atoms with Crippen molar-refractivity contribution in [2.45, 2.75) is 52.2 Å². The fraction of sp³-hybridized carbons (Fsp3) is 0.667. The number of ether oxygens (including phenoxy) is 1. The minimum atomic E-state index is 0.192. The van der Waals surface area contributed by atoms with Gasteiger partial charge in [0.05, 0.1) is 6.10 Å². The van der Waals surface area contributed by atoms with E-state index >= 15 is 0 Å². The van der Waals surface area contributed by atoms with Gasteiger partial charge in [0.25, 0.3) is 0 Å². The monoisotopic (exact) mass is 344 g/mol. The maximum Gasteiger partial charge on any atom is 0.219 e. The van der Waals surface area contributed by atoms with Crippen LogP contribution in [-0.2, 0) is 16.1 Å². The highest BCUT2D eigenvalue weighted by Crippen LogP contribution is 2.22. The Morgan fingerprint density at radius 2 is 1.96 bits per heavy atom. The van der Waals surface area contributed by atoms with E-state index in [9.17, 15) is 4.79 Å². The smallest absolute Gasteiger partial charge is 0.219 e. The lowest BCUT2D eigenvalue weighted by atomic mass is 9.95. The minimum Gasteiger partial charge on any atom is -0.376 e. The lowest BCUT2D eigenvalue weighted by Gasteiger charge is -2.35. The van der Waals surface area contributed by atoms with E-state index in [1.54, 1.807) is 6.92 Å². The van der Waals surface area contributed by atoms with E-state index in [2.05, 4.69) is 36.1 Å². The van der Waals surface area contributed by atoms with Gasteiger partial charge in [0, 0.05) is 33.2 Å². The number of piperidine rings is 1. The van der Waals surface area contributed by atoms with Crippen molar-refractivity contribution in [3.8, 4) is 0 Å². The predicted octanol–water partition coefficient (Wildman–Crippen LogP) is 3.23. The molecule has 2 saturated heterocycles. The Kier molecular flexibility index (Phi) is 6.49. The number of benzene rings is 1.